The van der Waals surface area contributed by atoms with Crippen molar-refractivity contribution in [3.63, 3.8) is 0 Å². The van der Waals surface area contributed by atoms with Gasteiger partial charge in [-0.3, -0.25) is 0 Å². The minimum atomic E-state index is -1.16. The molecule has 4 N–H and O–H groups in total. The monoisotopic (exact) mass is 376 g/mol. The average molecular weight is 376 g/mol. The van der Waals surface area contributed by atoms with Crippen molar-refractivity contribution in [2.24, 2.45) is 0 Å². The van der Waals surface area contributed by atoms with Crippen molar-refractivity contribution in [3.8, 4) is 23.0 Å². The van der Waals surface area contributed by atoms with E-state index in [0.29, 0.717) is 17.1 Å². The largest absolute Gasteiger partial charge is 0.504 e. The van der Waals surface area contributed by atoms with Crippen LogP contribution in [-0.4, -0.2) is 54.0 Å². The third kappa shape index (κ3) is 5.13. The topological polar surface area (TPSA) is 109 Å². The van der Waals surface area contributed by atoms with Crippen LogP contribution < -0.4 is 14.2 Å². The van der Waals surface area contributed by atoms with Gasteiger partial charge in [-0.05, 0) is 35.4 Å². The second kappa shape index (κ2) is 9.82. The van der Waals surface area contributed by atoms with Crippen LogP contribution in [-0.2, 0) is 0 Å². The first-order valence-corrected chi connectivity index (χ1v) is 8.32. The molecule has 0 aliphatic rings. The van der Waals surface area contributed by atoms with Crippen LogP contribution in [0.3, 0.4) is 0 Å². The molecule has 0 amide bonds. The SMILES string of the molecule is COc1cc([C@@H](O)[C@H](CO)Oc2ccc(/C=C\CO)cc2OC)ccc1O. The lowest BCUT2D eigenvalue weighted by Gasteiger charge is -2.24. The second-order valence-corrected chi connectivity index (χ2v) is 5.71. The molecule has 2 aromatic rings. The molecule has 2 rings (SSSR count). The van der Waals surface area contributed by atoms with E-state index < -0.39 is 18.8 Å². The van der Waals surface area contributed by atoms with Crippen LogP contribution in [0.25, 0.3) is 6.08 Å². The van der Waals surface area contributed by atoms with Gasteiger partial charge < -0.3 is 34.6 Å². The van der Waals surface area contributed by atoms with E-state index in [1.807, 2.05) is 0 Å². The number of hydrogen-bond acceptors (Lipinski definition) is 7. The molecule has 7 heteroatoms. The Balaban J connectivity index is 2.24. The number of hydrogen-bond donors (Lipinski definition) is 4. The van der Waals surface area contributed by atoms with E-state index in [9.17, 15) is 15.3 Å². The Kier molecular flexibility index (Phi) is 7.48. The molecule has 2 aromatic carbocycles. The Morgan fingerprint density at radius 1 is 0.963 bits per heavy atom. The van der Waals surface area contributed by atoms with Gasteiger partial charge in [-0.25, -0.2) is 0 Å². The maximum atomic E-state index is 10.6. The Labute approximate surface area is 157 Å². The molecule has 0 fully saturated rings. The standard InChI is InChI=1S/C20H24O7/c1-25-17-11-14(6-7-15(17)23)20(24)19(12-22)27-16-8-5-13(4-3-9-21)10-18(16)26-2/h3-8,10-11,19-24H,9,12H2,1-2H3/b4-3-/t19-,20+/m0/s1. The van der Waals surface area contributed by atoms with Crippen LogP contribution in [0, 0.1) is 0 Å². The van der Waals surface area contributed by atoms with Crippen LogP contribution >= 0.6 is 0 Å². The number of aromatic hydroxyl groups is 1. The van der Waals surface area contributed by atoms with Gasteiger partial charge in [-0.15, -0.1) is 0 Å². The number of ether oxygens (including phenoxy) is 3. The quantitative estimate of drug-likeness (QED) is 0.529. The zero-order chi connectivity index (χ0) is 19.8. The van der Waals surface area contributed by atoms with Crippen molar-refractivity contribution in [2.75, 3.05) is 27.4 Å². The summed E-state index contributed by atoms with van der Waals surface area (Å²) in [6.07, 6.45) is 1.19. The molecule has 0 saturated heterocycles. The molecule has 0 radical (unpaired) electrons. The third-order valence-electron chi connectivity index (χ3n) is 3.96. The van der Waals surface area contributed by atoms with Gasteiger partial charge >= 0.3 is 0 Å². The van der Waals surface area contributed by atoms with Gasteiger partial charge in [0.05, 0.1) is 27.4 Å². The first-order valence-electron chi connectivity index (χ1n) is 8.32. The molecule has 0 saturated carbocycles. The Bertz CT molecular complexity index is 773. The lowest BCUT2D eigenvalue weighted by atomic mass is 10.0. The summed E-state index contributed by atoms with van der Waals surface area (Å²) in [5, 5.41) is 38.8. The van der Waals surface area contributed by atoms with Gasteiger partial charge in [-0.1, -0.05) is 24.3 Å². The normalized spacial score (nSPS) is 13.4. The number of benzene rings is 2. The van der Waals surface area contributed by atoms with E-state index in [1.54, 1.807) is 30.4 Å². The van der Waals surface area contributed by atoms with E-state index in [2.05, 4.69) is 0 Å². The number of rotatable bonds is 9. The number of aliphatic hydroxyl groups excluding tert-OH is 3. The predicted molar refractivity (Wildman–Crippen MR) is 100 cm³/mol. The highest BCUT2D eigenvalue weighted by molar-refractivity contribution is 5.56. The summed E-state index contributed by atoms with van der Waals surface area (Å²) in [5.74, 6) is 0.926. The highest BCUT2D eigenvalue weighted by Gasteiger charge is 2.24. The van der Waals surface area contributed by atoms with E-state index in [1.165, 1.54) is 32.4 Å². The highest BCUT2D eigenvalue weighted by atomic mass is 16.5. The zero-order valence-corrected chi connectivity index (χ0v) is 15.2. The average Bonchev–Trinajstić information content (AvgIpc) is 2.70. The fourth-order valence-corrected chi connectivity index (χ4v) is 2.53. The predicted octanol–water partition coefficient (Wildman–Crippen LogP) is 1.89. The maximum absolute atomic E-state index is 10.6. The fraction of sp³-hybridized carbons (Fsp3) is 0.300. The Hall–Kier alpha value is -2.74. The maximum Gasteiger partial charge on any atom is 0.161 e. The van der Waals surface area contributed by atoms with Crippen LogP contribution in [0.1, 0.15) is 17.2 Å². The summed E-state index contributed by atoms with van der Waals surface area (Å²) >= 11 is 0. The van der Waals surface area contributed by atoms with Gasteiger partial charge in [0.2, 0.25) is 0 Å². The van der Waals surface area contributed by atoms with Gasteiger partial charge in [0, 0.05) is 0 Å². The summed E-state index contributed by atoms with van der Waals surface area (Å²) in [4.78, 5) is 0. The Morgan fingerprint density at radius 2 is 1.70 bits per heavy atom. The molecule has 0 aliphatic carbocycles. The molecule has 0 aromatic heterocycles. The number of methoxy groups -OCH3 is 2. The third-order valence-corrected chi connectivity index (χ3v) is 3.96. The van der Waals surface area contributed by atoms with E-state index in [0.717, 1.165) is 5.56 Å². The molecule has 0 unspecified atom stereocenters. The second-order valence-electron chi connectivity index (χ2n) is 5.71. The Morgan fingerprint density at radius 3 is 2.33 bits per heavy atom. The summed E-state index contributed by atoms with van der Waals surface area (Å²) < 4.78 is 16.1. The fourth-order valence-electron chi connectivity index (χ4n) is 2.53. The molecule has 0 heterocycles. The van der Waals surface area contributed by atoms with Crippen molar-refractivity contribution >= 4 is 6.08 Å². The van der Waals surface area contributed by atoms with E-state index in [-0.39, 0.29) is 18.1 Å². The lowest BCUT2D eigenvalue weighted by molar-refractivity contribution is -0.000515. The number of phenolic OH excluding ortho intramolecular Hbond substituents is 1. The summed E-state index contributed by atoms with van der Waals surface area (Å²) in [5.41, 5.74) is 1.22. The molecule has 0 bridgehead atoms. The molecule has 146 valence electrons. The summed E-state index contributed by atoms with van der Waals surface area (Å²) in [7, 11) is 2.89. The highest BCUT2D eigenvalue weighted by Crippen LogP contribution is 2.34. The number of aliphatic hydroxyl groups is 3. The van der Waals surface area contributed by atoms with Gasteiger partial charge in [0.15, 0.2) is 29.1 Å². The van der Waals surface area contributed by atoms with Gasteiger partial charge in [-0.2, -0.15) is 0 Å². The smallest absolute Gasteiger partial charge is 0.161 e. The summed E-state index contributed by atoms with van der Waals surface area (Å²) in [6, 6.07) is 9.53. The van der Waals surface area contributed by atoms with Crippen LogP contribution in [0.15, 0.2) is 42.5 Å². The van der Waals surface area contributed by atoms with Crippen molar-refractivity contribution in [2.45, 2.75) is 12.2 Å². The first kappa shape index (κ1) is 20.6. The van der Waals surface area contributed by atoms with Crippen LogP contribution in [0.4, 0.5) is 0 Å². The number of phenols is 1. The molecular formula is C20H24O7. The van der Waals surface area contributed by atoms with E-state index in [4.69, 9.17) is 19.3 Å². The molecule has 7 nitrogen and oxygen atoms in total. The van der Waals surface area contributed by atoms with Crippen molar-refractivity contribution in [3.05, 3.63) is 53.6 Å². The zero-order valence-electron chi connectivity index (χ0n) is 15.2. The van der Waals surface area contributed by atoms with Crippen molar-refractivity contribution in [1.82, 2.24) is 0 Å². The molecule has 0 spiro atoms. The lowest BCUT2D eigenvalue weighted by Crippen LogP contribution is -2.29. The first-order chi connectivity index (χ1) is 13.0. The van der Waals surface area contributed by atoms with Crippen LogP contribution in [0.5, 0.6) is 23.0 Å². The molecular weight excluding hydrogens is 352 g/mol. The van der Waals surface area contributed by atoms with Crippen LogP contribution in [0.2, 0.25) is 0 Å². The van der Waals surface area contributed by atoms with Crippen molar-refractivity contribution < 1.29 is 34.6 Å². The molecule has 0 aliphatic heterocycles. The van der Waals surface area contributed by atoms with Gasteiger partial charge in [0.25, 0.3) is 0 Å². The van der Waals surface area contributed by atoms with Gasteiger partial charge in [0.1, 0.15) is 6.10 Å². The van der Waals surface area contributed by atoms with Crippen molar-refractivity contribution in [1.29, 1.82) is 0 Å². The molecule has 27 heavy (non-hydrogen) atoms. The minimum absolute atomic E-state index is 0.0527. The minimum Gasteiger partial charge on any atom is -0.504 e. The molecule has 2 atom stereocenters. The summed E-state index contributed by atoms with van der Waals surface area (Å²) in [6.45, 7) is -0.519. The van der Waals surface area contributed by atoms with E-state index >= 15 is 0 Å².